The quantitative estimate of drug-likeness (QED) is 0.362. The molecule has 0 saturated heterocycles. The summed E-state index contributed by atoms with van der Waals surface area (Å²) in [5, 5.41) is 10.8. The van der Waals surface area contributed by atoms with Crippen LogP contribution in [0.4, 0.5) is 14.5 Å². The molecule has 1 aromatic carbocycles. The number of benzene rings is 1. The van der Waals surface area contributed by atoms with Gasteiger partial charge in [-0.2, -0.15) is 8.78 Å². The summed E-state index contributed by atoms with van der Waals surface area (Å²) >= 11 is 0. The predicted octanol–water partition coefficient (Wildman–Crippen LogP) is 1.12. The third-order valence-corrected chi connectivity index (χ3v) is 2.26. The van der Waals surface area contributed by atoms with Gasteiger partial charge in [0.15, 0.2) is 0 Å². The van der Waals surface area contributed by atoms with Crippen molar-refractivity contribution in [2.24, 2.45) is 5.84 Å². The maximum atomic E-state index is 13.2. The first kappa shape index (κ1) is 14.8. The van der Waals surface area contributed by atoms with Crippen LogP contribution in [-0.2, 0) is 11.2 Å². The van der Waals surface area contributed by atoms with Gasteiger partial charge in [0.1, 0.15) is 0 Å². The number of hydrazine groups is 1. The van der Waals surface area contributed by atoms with Crippen LogP contribution in [0.3, 0.4) is 0 Å². The number of aryl methyl sites for hydroxylation is 1. The zero-order valence-electron chi connectivity index (χ0n) is 9.85. The topological polar surface area (TPSA) is 107 Å². The van der Waals surface area contributed by atoms with E-state index in [2.05, 4.69) is 10.6 Å². The van der Waals surface area contributed by atoms with E-state index in [1.54, 1.807) is 6.92 Å². The van der Waals surface area contributed by atoms with Crippen molar-refractivity contribution in [2.75, 3.05) is 0 Å². The summed E-state index contributed by atoms with van der Waals surface area (Å²) in [5.41, 5.74) is 1.14. The van der Waals surface area contributed by atoms with Crippen LogP contribution in [-0.4, -0.2) is 16.9 Å². The van der Waals surface area contributed by atoms with Crippen LogP contribution >= 0.6 is 0 Å². The summed E-state index contributed by atoms with van der Waals surface area (Å²) in [6, 6.07) is 3.50. The molecule has 0 spiro atoms. The van der Waals surface area contributed by atoms with Gasteiger partial charge in [0.25, 0.3) is 0 Å². The van der Waals surface area contributed by atoms with Crippen LogP contribution in [0.2, 0.25) is 0 Å². The Hall–Kier alpha value is -2.29. The standard InChI is InChI=1S/C10H11F2N3O4/c1-2-6-3-4-8(7(5-6)15(17)18)19-10(11,12)9(16)14-13/h3-5H,2,13H2,1H3,(H,14,16). The molecular weight excluding hydrogens is 264 g/mol. The number of ether oxygens (including phenoxy) is 1. The Morgan fingerprint density at radius 3 is 2.68 bits per heavy atom. The Balaban J connectivity index is 3.14. The highest BCUT2D eigenvalue weighted by molar-refractivity contribution is 5.81. The number of hydrogen-bond acceptors (Lipinski definition) is 5. The minimum absolute atomic E-state index is 0.487. The fourth-order valence-electron chi connectivity index (χ4n) is 1.28. The van der Waals surface area contributed by atoms with E-state index < -0.39 is 28.4 Å². The van der Waals surface area contributed by atoms with Gasteiger partial charge in [-0.1, -0.05) is 13.0 Å². The van der Waals surface area contributed by atoms with Gasteiger partial charge in [0.2, 0.25) is 5.75 Å². The Kier molecular flexibility index (Phi) is 4.33. The van der Waals surface area contributed by atoms with Crippen molar-refractivity contribution in [3.05, 3.63) is 33.9 Å². The van der Waals surface area contributed by atoms with Crippen LogP contribution in [0.15, 0.2) is 18.2 Å². The summed E-state index contributed by atoms with van der Waals surface area (Å²) < 4.78 is 30.5. The first-order valence-corrected chi connectivity index (χ1v) is 5.17. The van der Waals surface area contributed by atoms with Gasteiger partial charge in [0, 0.05) is 6.07 Å². The van der Waals surface area contributed by atoms with Crippen molar-refractivity contribution in [3.8, 4) is 5.75 Å². The molecule has 3 N–H and O–H groups in total. The predicted molar refractivity (Wildman–Crippen MR) is 60.4 cm³/mol. The van der Waals surface area contributed by atoms with Crippen LogP contribution in [0, 0.1) is 10.1 Å². The number of rotatable bonds is 5. The number of alkyl halides is 2. The molecule has 0 aliphatic heterocycles. The lowest BCUT2D eigenvalue weighted by Gasteiger charge is -2.15. The lowest BCUT2D eigenvalue weighted by molar-refractivity contribution is -0.387. The molecule has 9 heteroatoms. The number of nitrogens with two attached hydrogens (primary N) is 1. The van der Waals surface area contributed by atoms with Gasteiger partial charge in [-0.15, -0.1) is 0 Å². The summed E-state index contributed by atoms with van der Waals surface area (Å²) in [5.74, 6) is 1.95. The average molecular weight is 275 g/mol. The van der Waals surface area contributed by atoms with E-state index >= 15 is 0 Å². The van der Waals surface area contributed by atoms with E-state index in [1.807, 2.05) is 0 Å². The molecule has 0 aliphatic rings. The van der Waals surface area contributed by atoms with Crippen molar-refractivity contribution in [3.63, 3.8) is 0 Å². The molecule has 0 aliphatic carbocycles. The molecule has 0 aromatic heterocycles. The molecule has 0 saturated carbocycles. The SMILES string of the molecule is CCc1ccc(OC(F)(F)C(=O)NN)c([N+](=O)[O-])c1. The number of hydrogen-bond donors (Lipinski definition) is 2. The van der Waals surface area contributed by atoms with Crippen LogP contribution in [0.5, 0.6) is 5.75 Å². The molecule has 0 bridgehead atoms. The van der Waals surface area contributed by atoms with Gasteiger partial charge < -0.3 is 4.74 Å². The summed E-state index contributed by atoms with van der Waals surface area (Å²) in [4.78, 5) is 20.7. The van der Waals surface area contributed by atoms with Crippen LogP contribution < -0.4 is 16.0 Å². The van der Waals surface area contributed by atoms with Crippen LogP contribution in [0.25, 0.3) is 0 Å². The van der Waals surface area contributed by atoms with Gasteiger partial charge in [-0.3, -0.25) is 20.3 Å². The van der Waals surface area contributed by atoms with E-state index in [4.69, 9.17) is 0 Å². The van der Waals surface area contributed by atoms with Crippen LogP contribution in [0.1, 0.15) is 12.5 Å². The highest BCUT2D eigenvalue weighted by Crippen LogP contribution is 2.32. The third-order valence-electron chi connectivity index (χ3n) is 2.26. The molecular formula is C10H11F2N3O4. The highest BCUT2D eigenvalue weighted by Gasteiger charge is 2.43. The molecule has 1 aromatic rings. The molecule has 0 atom stereocenters. The molecule has 7 nitrogen and oxygen atoms in total. The first-order valence-electron chi connectivity index (χ1n) is 5.17. The van der Waals surface area contributed by atoms with Gasteiger partial charge in [-0.25, -0.2) is 5.84 Å². The first-order chi connectivity index (χ1) is 8.81. The number of halogens is 2. The number of nitrogens with zero attached hydrogens (tertiary/aromatic N) is 1. The number of carbonyl (C=O) groups excluding carboxylic acids is 1. The van der Waals surface area contributed by atoms with E-state index in [0.29, 0.717) is 12.0 Å². The van der Waals surface area contributed by atoms with E-state index in [1.165, 1.54) is 11.5 Å². The summed E-state index contributed by atoms with van der Waals surface area (Å²) in [6.07, 6.45) is -3.81. The van der Waals surface area contributed by atoms with Crippen molar-refractivity contribution >= 4 is 11.6 Å². The second-order valence-corrected chi connectivity index (χ2v) is 3.51. The molecule has 104 valence electrons. The molecule has 0 radical (unpaired) electrons. The minimum atomic E-state index is -4.30. The number of nitro groups is 1. The fraction of sp³-hybridized carbons (Fsp3) is 0.300. The zero-order valence-corrected chi connectivity index (χ0v) is 9.85. The molecule has 0 fully saturated rings. The second-order valence-electron chi connectivity index (χ2n) is 3.51. The van der Waals surface area contributed by atoms with Crippen molar-refractivity contribution in [1.82, 2.24) is 5.43 Å². The normalized spacial score (nSPS) is 10.9. The number of nitro benzene ring substituents is 1. The summed E-state index contributed by atoms with van der Waals surface area (Å²) in [6.45, 7) is 1.75. The van der Waals surface area contributed by atoms with Gasteiger partial charge in [-0.05, 0) is 18.1 Å². The zero-order chi connectivity index (χ0) is 14.6. The molecule has 1 amide bonds. The van der Waals surface area contributed by atoms with Crippen molar-refractivity contribution in [2.45, 2.75) is 19.5 Å². The Labute approximate surface area is 106 Å². The minimum Gasteiger partial charge on any atom is -0.418 e. The highest BCUT2D eigenvalue weighted by atomic mass is 19.3. The molecule has 0 heterocycles. The number of nitrogens with one attached hydrogen (secondary N) is 1. The molecule has 19 heavy (non-hydrogen) atoms. The Morgan fingerprint density at radius 1 is 1.58 bits per heavy atom. The lowest BCUT2D eigenvalue weighted by Crippen LogP contribution is -2.47. The van der Waals surface area contributed by atoms with Crippen molar-refractivity contribution in [1.29, 1.82) is 0 Å². The Bertz CT molecular complexity index is 508. The van der Waals surface area contributed by atoms with E-state index in [9.17, 15) is 23.7 Å². The smallest absolute Gasteiger partial charge is 0.418 e. The van der Waals surface area contributed by atoms with Gasteiger partial charge >= 0.3 is 17.7 Å². The molecule has 1 rings (SSSR count). The average Bonchev–Trinajstić information content (AvgIpc) is 2.37. The Morgan fingerprint density at radius 2 is 2.21 bits per heavy atom. The van der Waals surface area contributed by atoms with Gasteiger partial charge in [0.05, 0.1) is 4.92 Å². The van der Waals surface area contributed by atoms with Crippen molar-refractivity contribution < 1.29 is 23.2 Å². The lowest BCUT2D eigenvalue weighted by atomic mass is 10.1. The molecule has 0 unspecified atom stereocenters. The maximum absolute atomic E-state index is 13.2. The maximum Gasteiger partial charge on any atom is 0.483 e. The summed E-state index contributed by atoms with van der Waals surface area (Å²) in [7, 11) is 0. The third kappa shape index (κ3) is 3.35. The van der Waals surface area contributed by atoms with E-state index in [0.717, 1.165) is 12.1 Å². The van der Waals surface area contributed by atoms with E-state index in [-0.39, 0.29) is 0 Å². The monoisotopic (exact) mass is 275 g/mol. The fourth-order valence-corrected chi connectivity index (χ4v) is 1.28. The second kappa shape index (κ2) is 5.57. The number of carbonyl (C=O) groups is 1. The largest absolute Gasteiger partial charge is 0.483 e. The number of amides is 1.